The molecule has 0 bridgehead atoms. The molecule has 1 aliphatic rings. The number of pyridine rings is 1. The Balaban J connectivity index is 1.53. The topological polar surface area (TPSA) is 53.5 Å². The van der Waals surface area contributed by atoms with Crippen LogP contribution < -0.4 is 0 Å². The van der Waals surface area contributed by atoms with Crippen molar-refractivity contribution in [1.29, 1.82) is 0 Å². The minimum Gasteiger partial charge on any atom is -0.336 e. The third-order valence-electron chi connectivity index (χ3n) is 3.80. The largest absolute Gasteiger partial charge is 0.336 e. The summed E-state index contributed by atoms with van der Waals surface area (Å²) < 4.78 is 0. The van der Waals surface area contributed by atoms with E-state index in [0.29, 0.717) is 43.4 Å². The molecule has 1 aliphatic heterocycles. The minimum absolute atomic E-state index is 0.0431. The first-order valence-corrected chi connectivity index (χ1v) is 8.59. The van der Waals surface area contributed by atoms with Gasteiger partial charge in [-0.05, 0) is 23.6 Å². The second-order valence-corrected chi connectivity index (χ2v) is 6.67. The van der Waals surface area contributed by atoms with Crippen LogP contribution in [0.2, 0.25) is 5.15 Å². The highest BCUT2D eigenvalue weighted by Gasteiger charge is 2.23. The van der Waals surface area contributed by atoms with E-state index in [-0.39, 0.29) is 11.7 Å². The van der Waals surface area contributed by atoms with Crippen LogP contribution in [0.5, 0.6) is 0 Å². The summed E-state index contributed by atoms with van der Waals surface area (Å²) in [5.74, 6) is 0.0973. The Morgan fingerprint density at radius 1 is 1.17 bits per heavy atom. The van der Waals surface area contributed by atoms with Crippen LogP contribution in [0.1, 0.15) is 20.0 Å². The van der Waals surface area contributed by atoms with Crippen LogP contribution in [-0.4, -0.2) is 59.2 Å². The van der Waals surface area contributed by atoms with Crippen LogP contribution in [0, 0.1) is 0 Å². The molecular weight excluding hydrogens is 334 g/mol. The fourth-order valence-electron chi connectivity index (χ4n) is 2.51. The number of rotatable bonds is 4. The summed E-state index contributed by atoms with van der Waals surface area (Å²) >= 11 is 7.20. The van der Waals surface area contributed by atoms with E-state index in [1.54, 1.807) is 17.0 Å². The highest BCUT2D eigenvalue weighted by Crippen LogP contribution is 2.13. The number of thiophene rings is 1. The molecule has 5 nitrogen and oxygen atoms in total. The molecule has 0 saturated carbocycles. The first kappa shape index (κ1) is 16.1. The van der Waals surface area contributed by atoms with Crippen molar-refractivity contribution in [3.05, 3.63) is 51.4 Å². The molecular formula is C16H16ClN3O2S. The van der Waals surface area contributed by atoms with Gasteiger partial charge in [0.15, 0.2) is 5.78 Å². The number of hydrogen-bond acceptors (Lipinski definition) is 5. The summed E-state index contributed by atoms with van der Waals surface area (Å²) in [6, 6.07) is 7.03. The molecule has 3 rings (SSSR count). The first-order chi connectivity index (χ1) is 11.1. The van der Waals surface area contributed by atoms with E-state index in [1.807, 2.05) is 17.5 Å². The molecule has 0 unspecified atom stereocenters. The van der Waals surface area contributed by atoms with E-state index in [0.717, 1.165) is 4.88 Å². The normalized spacial score (nSPS) is 15.6. The lowest BCUT2D eigenvalue weighted by molar-refractivity contribution is 0.0624. The van der Waals surface area contributed by atoms with E-state index in [1.165, 1.54) is 17.5 Å². The van der Waals surface area contributed by atoms with Crippen molar-refractivity contribution in [2.75, 3.05) is 32.7 Å². The van der Waals surface area contributed by atoms with Gasteiger partial charge in [0.2, 0.25) is 0 Å². The van der Waals surface area contributed by atoms with Gasteiger partial charge < -0.3 is 4.90 Å². The van der Waals surface area contributed by atoms with Crippen molar-refractivity contribution >= 4 is 34.6 Å². The predicted octanol–water partition coefficient (Wildman–Crippen LogP) is 2.44. The Bertz CT molecular complexity index is 680. The van der Waals surface area contributed by atoms with Gasteiger partial charge in [0.25, 0.3) is 5.91 Å². The standard InChI is InChI=1S/C16H16ClN3O2S/c17-15-4-3-12(10-18-15)16(22)20-7-5-19(6-8-20)11-13(21)14-2-1-9-23-14/h1-4,9-10H,5-8,11H2. The zero-order chi connectivity index (χ0) is 16.2. The van der Waals surface area contributed by atoms with Gasteiger partial charge in [-0.3, -0.25) is 14.5 Å². The summed E-state index contributed by atoms with van der Waals surface area (Å²) in [6.45, 7) is 3.02. The fourth-order valence-corrected chi connectivity index (χ4v) is 3.28. The zero-order valence-electron chi connectivity index (χ0n) is 12.4. The van der Waals surface area contributed by atoms with E-state index in [4.69, 9.17) is 11.6 Å². The molecule has 1 saturated heterocycles. The lowest BCUT2D eigenvalue weighted by Crippen LogP contribution is -2.49. The number of nitrogens with zero attached hydrogens (tertiary/aromatic N) is 3. The molecule has 120 valence electrons. The van der Waals surface area contributed by atoms with Crippen LogP contribution in [0.25, 0.3) is 0 Å². The van der Waals surface area contributed by atoms with Crippen molar-refractivity contribution in [1.82, 2.24) is 14.8 Å². The number of ketones is 1. The Morgan fingerprint density at radius 3 is 2.57 bits per heavy atom. The number of halogens is 1. The molecule has 23 heavy (non-hydrogen) atoms. The van der Waals surface area contributed by atoms with Crippen molar-refractivity contribution in [3.8, 4) is 0 Å². The second kappa shape index (κ2) is 7.21. The summed E-state index contributed by atoms with van der Waals surface area (Å²) in [6.07, 6.45) is 1.50. The number of aromatic nitrogens is 1. The van der Waals surface area contributed by atoms with Gasteiger partial charge in [-0.25, -0.2) is 4.98 Å². The molecule has 1 fully saturated rings. The van der Waals surface area contributed by atoms with E-state index < -0.39 is 0 Å². The molecule has 1 amide bonds. The van der Waals surface area contributed by atoms with Gasteiger partial charge in [-0.1, -0.05) is 17.7 Å². The summed E-state index contributed by atoms with van der Waals surface area (Å²) in [5, 5.41) is 2.28. The fraction of sp³-hybridized carbons (Fsp3) is 0.312. The molecule has 0 N–H and O–H groups in total. The Labute approximate surface area is 143 Å². The quantitative estimate of drug-likeness (QED) is 0.628. The van der Waals surface area contributed by atoms with Crippen molar-refractivity contribution in [3.63, 3.8) is 0 Å². The number of hydrogen-bond donors (Lipinski definition) is 0. The van der Waals surface area contributed by atoms with Gasteiger partial charge in [0.1, 0.15) is 5.15 Å². The maximum Gasteiger partial charge on any atom is 0.255 e. The Hall–Kier alpha value is -1.76. The monoisotopic (exact) mass is 349 g/mol. The predicted molar refractivity (Wildman–Crippen MR) is 90.2 cm³/mol. The number of carbonyl (C=O) groups is 2. The van der Waals surface area contributed by atoms with E-state index >= 15 is 0 Å². The molecule has 2 aromatic heterocycles. The smallest absolute Gasteiger partial charge is 0.255 e. The third kappa shape index (κ3) is 3.96. The molecule has 3 heterocycles. The lowest BCUT2D eigenvalue weighted by Gasteiger charge is -2.34. The molecule has 0 aliphatic carbocycles. The average molecular weight is 350 g/mol. The number of amides is 1. The summed E-state index contributed by atoms with van der Waals surface area (Å²) in [5.41, 5.74) is 0.539. The average Bonchev–Trinajstić information content (AvgIpc) is 3.10. The number of carbonyl (C=O) groups excluding carboxylic acids is 2. The van der Waals surface area contributed by atoms with E-state index in [2.05, 4.69) is 9.88 Å². The summed E-state index contributed by atoms with van der Waals surface area (Å²) in [4.78, 5) is 33.1. The molecule has 7 heteroatoms. The van der Waals surface area contributed by atoms with Crippen LogP contribution >= 0.6 is 22.9 Å². The van der Waals surface area contributed by atoms with Gasteiger partial charge in [0, 0.05) is 32.4 Å². The lowest BCUT2D eigenvalue weighted by atomic mass is 10.2. The third-order valence-corrected chi connectivity index (χ3v) is 4.93. The highest BCUT2D eigenvalue weighted by atomic mass is 35.5. The first-order valence-electron chi connectivity index (χ1n) is 7.33. The van der Waals surface area contributed by atoms with E-state index in [9.17, 15) is 9.59 Å². The summed E-state index contributed by atoms with van der Waals surface area (Å²) in [7, 11) is 0. The number of Topliss-reactive ketones (excluding diaryl/α,β-unsaturated/α-hetero) is 1. The van der Waals surface area contributed by atoms with Crippen LogP contribution in [0.15, 0.2) is 35.8 Å². The van der Waals surface area contributed by atoms with Crippen molar-refractivity contribution in [2.24, 2.45) is 0 Å². The zero-order valence-corrected chi connectivity index (χ0v) is 14.0. The van der Waals surface area contributed by atoms with Crippen molar-refractivity contribution < 1.29 is 9.59 Å². The van der Waals surface area contributed by atoms with Crippen LogP contribution in [-0.2, 0) is 0 Å². The van der Waals surface area contributed by atoms with Gasteiger partial charge >= 0.3 is 0 Å². The second-order valence-electron chi connectivity index (χ2n) is 5.34. The van der Waals surface area contributed by atoms with Crippen molar-refractivity contribution in [2.45, 2.75) is 0 Å². The number of piperazine rings is 1. The Kier molecular flexibility index (Phi) is 5.05. The van der Waals surface area contributed by atoms with Gasteiger partial charge in [-0.2, -0.15) is 0 Å². The van der Waals surface area contributed by atoms with Gasteiger partial charge in [0.05, 0.1) is 17.0 Å². The molecule has 0 aromatic carbocycles. The molecule has 2 aromatic rings. The van der Waals surface area contributed by atoms with Crippen LogP contribution in [0.4, 0.5) is 0 Å². The SMILES string of the molecule is O=C(CN1CCN(C(=O)c2ccc(Cl)nc2)CC1)c1cccs1. The molecule has 0 radical (unpaired) electrons. The minimum atomic E-state index is -0.0431. The molecule has 0 atom stereocenters. The Morgan fingerprint density at radius 2 is 1.96 bits per heavy atom. The van der Waals surface area contributed by atoms with Gasteiger partial charge in [-0.15, -0.1) is 11.3 Å². The maximum absolute atomic E-state index is 12.4. The van der Waals surface area contributed by atoms with Crippen LogP contribution in [0.3, 0.4) is 0 Å². The molecule has 0 spiro atoms. The highest BCUT2D eigenvalue weighted by molar-refractivity contribution is 7.12. The maximum atomic E-state index is 12.4.